The molecule has 4 heterocycles. The molecular weight excluding hydrogens is 404 g/mol. The van der Waals surface area contributed by atoms with Crippen LogP contribution in [0.5, 0.6) is 0 Å². The molecule has 1 N–H and O–H groups in total. The van der Waals surface area contributed by atoms with E-state index in [0.717, 1.165) is 59.4 Å². The van der Waals surface area contributed by atoms with Crippen LogP contribution in [0.1, 0.15) is 18.4 Å². The van der Waals surface area contributed by atoms with E-state index in [4.69, 9.17) is 4.98 Å². The summed E-state index contributed by atoms with van der Waals surface area (Å²) in [6.45, 7) is 5.37. The summed E-state index contributed by atoms with van der Waals surface area (Å²) in [4.78, 5) is 20.0. The maximum Gasteiger partial charge on any atom is 0.407 e. The lowest BCUT2D eigenvalue weighted by molar-refractivity contribution is 0.131. The van der Waals surface area contributed by atoms with Gasteiger partial charge in [-0.05, 0) is 42.7 Å². The molecule has 5 rings (SSSR count). The fourth-order valence-corrected chi connectivity index (χ4v) is 4.37. The maximum atomic E-state index is 11.3. The third kappa shape index (κ3) is 3.43. The highest BCUT2D eigenvalue weighted by Crippen LogP contribution is 2.30. The Morgan fingerprint density at radius 3 is 2.75 bits per heavy atom. The largest absolute Gasteiger partial charge is 0.465 e. The molecule has 0 aliphatic carbocycles. The Morgan fingerprint density at radius 2 is 2.00 bits per heavy atom. The van der Waals surface area contributed by atoms with Crippen molar-refractivity contribution in [1.82, 2.24) is 24.5 Å². The highest BCUT2D eigenvalue weighted by atomic mass is 16.4. The molecule has 4 aromatic rings. The fourth-order valence-electron chi connectivity index (χ4n) is 4.37. The number of nitrogens with zero attached hydrogens (tertiary/aromatic N) is 6. The first-order valence-electron chi connectivity index (χ1n) is 10.6. The first-order chi connectivity index (χ1) is 15.5. The number of anilines is 1. The number of hydrogen-bond acceptors (Lipinski definition) is 5. The first-order valence-corrected chi connectivity index (χ1v) is 10.6. The molecule has 0 bridgehead atoms. The second kappa shape index (κ2) is 7.96. The molecular formula is C24H24N6O2. The van der Waals surface area contributed by atoms with E-state index in [-0.39, 0.29) is 6.04 Å². The minimum absolute atomic E-state index is 0.0464. The number of carbonyl (C=O) groups is 1. The number of carboxylic acid groups (broad SMARTS) is 1. The number of fused-ring (bicyclic) bond motifs is 2. The molecule has 1 fully saturated rings. The first kappa shape index (κ1) is 20.0. The van der Waals surface area contributed by atoms with E-state index in [1.807, 2.05) is 34.9 Å². The van der Waals surface area contributed by atoms with Crippen molar-refractivity contribution in [1.29, 1.82) is 0 Å². The summed E-state index contributed by atoms with van der Waals surface area (Å²) in [6.07, 6.45) is 4.43. The number of piperidine rings is 1. The van der Waals surface area contributed by atoms with Crippen molar-refractivity contribution in [3.8, 4) is 11.5 Å². The molecule has 8 nitrogen and oxygen atoms in total. The van der Waals surface area contributed by atoms with Gasteiger partial charge in [-0.25, -0.2) is 9.78 Å². The van der Waals surface area contributed by atoms with Gasteiger partial charge in [-0.2, -0.15) is 0 Å². The minimum Gasteiger partial charge on any atom is -0.465 e. The molecule has 1 aliphatic heterocycles. The fraction of sp³-hybridized carbons (Fsp3) is 0.250. The van der Waals surface area contributed by atoms with Crippen LogP contribution in [0.3, 0.4) is 0 Å². The Labute approximate surface area is 185 Å². The Balaban J connectivity index is 1.49. The molecule has 0 spiro atoms. The molecule has 32 heavy (non-hydrogen) atoms. The van der Waals surface area contributed by atoms with Crippen molar-refractivity contribution in [3.05, 3.63) is 60.8 Å². The molecule has 8 heteroatoms. The van der Waals surface area contributed by atoms with E-state index >= 15 is 0 Å². The summed E-state index contributed by atoms with van der Waals surface area (Å²) in [5, 5.41) is 19.0. The van der Waals surface area contributed by atoms with Crippen molar-refractivity contribution in [3.63, 3.8) is 0 Å². The smallest absolute Gasteiger partial charge is 0.407 e. The van der Waals surface area contributed by atoms with Crippen LogP contribution < -0.4 is 4.90 Å². The number of pyridine rings is 2. The summed E-state index contributed by atoms with van der Waals surface area (Å²) in [6, 6.07) is 14.2. The Morgan fingerprint density at radius 1 is 1.19 bits per heavy atom. The van der Waals surface area contributed by atoms with Gasteiger partial charge in [-0.1, -0.05) is 30.9 Å². The summed E-state index contributed by atoms with van der Waals surface area (Å²) in [5.41, 5.74) is 4.46. The molecule has 0 saturated carbocycles. The van der Waals surface area contributed by atoms with E-state index in [1.54, 1.807) is 13.1 Å². The van der Waals surface area contributed by atoms with Gasteiger partial charge in [0.1, 0.15) is 5.69 Å². The third-order valence-corrected chi connectivity index (χ3v) is 6.25. The summed E-state index contributed by atoms with van der Waals surface area (Å²) in [7, 11) is 1.65. The zero-order valence-electron chi connectivity index (χ0n) is 17.8. The predicted octanol–water partition coefficient (Wildman–Crippen LogP) is 4.17. The van der Waals surface area contributed by atoms with Gasteiger partial charge < -0.3 is 14.9 Å². The van der Waals surface area contributed by atoms with Gasteiger partial charge in [0.25, 0.3) is 0 Å². The van der Waals surface area contributed by atoms with Crippen molar-refractivity contribution in [2.24, 2.45) is 0 Å². The van der Waals surface area contributed by atoms with E-state index < -0.39 is 6.09 Å². The maximum absolute atomic E-state index is 11.3. The number of para-hydroxylation sites is 1. The number of hydrogen-bond donors (Lipinski definition) is 1. The number of benzene rings is 1. The van der Waals surface area contributed by atoms with Gasteiger partial charge in [-0.3, -0.25) is 4.40 Å². The molecule has 0 unspecified atom stereocenters. The van der Waals surface area contributed by atoms with Gasteiger partial charge >= 0.3 is 6.09 Å². The molecule has 0 atom stereocenters. The molecule has 1 aromatic carbocycles. The van der Waals surface area contributed by atoms with Crippen LogP contribution in [0.4, 0.5) is 10.5 Å². The van der Waals surface area contributed by atoms with E-state index in [0.29, 0.717) is 5.82 Å². The Bertz CT molecular complexity index is 1320. The van der Waals surface area contributed by atoms with Crippen LogP contribution in [-0.2, 0) is 0 Å². The normalized spacial score (nSPS) is 14.7. The highest BCUT2D eigenvalue weighted by molar-refractivity contribution is 5.92. The number of aromatic nitrogens is 4. The van der Waals surface area contributed by atoms with Crippen LogP contribution in [0.25, 0.3) is 34.1 Å². The molecule has 1 saturated heterocycles. The lowest BCUT2D eigenvalue weighted by atomic mass is 10.0. The Kier molecular flexibility index (Phi) is 4.97. The van der Waals surface area contributed by atoms with Crippen LogP contribution in [0, 0.1) is 0 Å². The zero-order chi connectivity index (χ0) is 22.2. The van der Waals surface area contributed by atoms with Gasteiger partial charge in [0.05, 0.1) is 11.2 Å². The topological polar surface area (TPSA) is 86.9 Å². The molecule has 1 amide bonds. The number of amides is 1. The average molecular weight is 428 g/mol. The molecule has 0 radical (unpaired) electrons. The quantitative estimate of drug-likeness (QED) is 0.525. The highest BCUT2D eigenvalue weighted by Gasteiger charge is 2.26. The molecule has 3 aromatic heterocycles. The minimum atomic E-state index is -0.874. The predicted molar refractivity (Wildman–Crippen MR) is 125 cm³/mol. The van der Waals surface area contributed by atoms with Gasteiger partial charge in [0.15, 0.2) is 11.5 Å². The van der Waals surface area contributed by atoms with Gasteiger partial charge in [-0.15, -0.1) is 10.2 Å². The summed E-state index contributed by atoms with van der Waals surface area (Å²) < 4.78 is 1.93. The summed E-state index contributed by atoms with van der Waals surface area (Å²) >= 11 is 0. The zero-order valence-corrected chi connectivity index (χ0v) is 17.8. The summed E-state index contributed by atoms with van der Waals surface area (Å²) in [5.74, 6) is 0.689. The monoisotopic (exact) mass is 428 g/mol. The van der Waals surface area contributed by atoms with Gasteiger partial charge in [0, 0.05) is 37.8 Å². The van der Waals surface area contributed by atoms with Crippen LogP contribution >= 0.6 is 0 Å². The van der Waals surface area contributed by atoms with Crippen molar-refractivity contribution < 1.29 is 9.90 Å². The van der Waals surface area contributed by atoms with Crippen molar-refractivity contribution >= 4 is 34.4 Å². The van der Waals surface area contributed by atoms with Crippen molar-refractivity contribution in [2.45, 2.75) is 18.9 Å². The number of rotatable bonds is 4. The second-order valence-electron chi connectivity index (χ2n) is 8.07. The lowest BCUT2D eigenvalue weighted by Crippen LogP contribution is -2.45. The average Bonchev–Trinajstić information content (AvgIpc) is 3.26. The van der Waals surface area contributed by atoms with Crippen LogP contribution in [0.2, 0.25) is 0 Å². The standard InChI is InChI=1S/C24H24N6O2/c1-3-16-9-14-30-21(15-16)26-27-23(30)19-8-7-17-5-4-6-20(22(17)25-19)29-12-10-18(11-13-29)28(2)24(31)32/h3-9,14-15,18H,1,10-13H2,2H3,(H,31,32). The van der Waals surface area contributed by atoms with E-state index in [9.17, 15) is 9.90 Å². The van der Waals surface area contributed by atoms with Gasteiger partial charge in [0.2, 0.25) is 0 Å². The second-order valence-corrected chi connectivity index (χ2v) is 8.07. The lowest BCUT2D eigenvalue weighted by Gasteiger charge is -2.37. The molecule has 162 valence electrons. The van der Waals surface area contributed by atoms with Crippen LogP contribution in [0.15, 0.2) is 55.2 Å². The van der Waals surface area contributed by atoms with Crippen LogP contribution in [-0.4, -0.2) is 61.9 Å². The SMILES string of the molecule is C=Cc1ccn2c(-c3ccc4cccc(N5CCC(N(C)C(=O)O)CC5)c4n3)nnc2c1. The third-order valence-electron chi connectivity index (χ3n) is 6.25. The van der Waals surface area contributed by atoms with E-state index in [2.05, 4.69) is 39.9 Å². The van der Waals surface area contributed by atoms with E-state index in [1.165, 1.54) is 4.90 Å². The molecule has 1 aliphatic rings. The Hall–Kier alpha value is -3.94. The van der Waals surface area contributed by atoms with Crippen molar-refractivity contribution in [2.75, 3.05) is 25.0 Å².